The first-order valence-corrected chi connectivity index (χ1v) is 11.4. The average Bonchev–Trinajstić information content (AvgIpc) is 3.43. The van der Waals surface area contributed by atoms with Crippen LogP contribution >= 0.6 is 0 Å². The van der Waals surface area contributed by atoms with Gasteiger partial charge in [-0.1, -0.05) is 19.4 Å². The van der Waals surface area contributed by atoms with Crippen molar-refractivity contribution in [3.8, 4) is 0 Å². The number of allylic oxidation sites excluding steroid dienone is 1. The second-order valence-electron chi connectivity index (χ2n) is 10.8. The van der Waals surface area contributed by atoms with Gasteiger partial charge in [-0.05, 0) is 74.5 Å². The second-order valence-corrected chi connectivity index (χ2v) is 10.8. The van der Waals surface area contributed by atoms with E-state index in [1.54, 1.807) is 6.08 Å². The van der Waals surface area contributed by atoms with E-state index in [1.807, 2.05) is 6.92 Å². The lowest BCUT2D eigenvalue weighted by Crippen LogP contribution is -2.63. The Hall–Kier alpha value is -1.40. The Morgan fingerprint density at radius 2 is 1.97 bits per heavy atom. The number of hydrogen-bond acceptors (Lipinski definition) is 4. The number of nitrogens with one attached hydrogen (secondary N) is 2. The predicted octanol–water partition coefficient (Wildman–Crippen LogP) is 1.66. The Morgan fingerprint density at radius 3 is 2.69 bits per heavy atom. The molecule has 0 radical (unpaired) electrons. The lowest BCUT2D eigenvalue weighted by Gasteiger charge is -2.59. The minimum atomic E-state index is -1.40. The maximum Gasteiger partial charge on any atom is 0.252 e. The first kappa shape index (κ1) is 19.6. The first-order chi connectivity index (χ1) is 13.7. The van der Waals surface area contributed by atoms with Crippen LogP contribution in [0.5, 0.6) is 0 Å². The lowest BCUT2D eigenvalue weighted by atomic mass is 9.46. The predicted molar refractivity (Wildman–Crippen MR) is 108 cm³/mol. The molecule has 0 aromatic heterocycles. The number of amides is 2. The van der Waals surface area contributed by atoms with E-state index in [0.29, 0.717) is 19.4 Å². The number of hydrogen-bond donors (Lipinski definition) is 4. The highest BCUT2D eigenvalue weighted by atomic mass is 16.3. The van der Waals surface area contributed by atoms with Gasteiger partial charge >= 0.3 is 0 Å². The van der Waals surface area contributed by atoms with Crippen LogP contribution in [-0.2, 0) is 9.59 Å². The molecule has 5 rings (SSSR count). The number of fused-ring (bicyclic) bond motifs is 5. The van der Waals surface area contributed by atoms with E-state index in [1.165, 1.54) is 0 Å². The molecule has 0 bridgehead atoms. The van der Waals surface area contributed by atoms with Crippen LogP contribution < -0.4 is 10.6 Å². The minimum Gasteiger partial charge on any atom is -0.393 e. The van der Waals surface area contributed by atoms with Gasteiger partial charge in [0, 0.05) is 24.1 Å². The zero-order valence-electron chi connectivity index (χ0n) is 17.5. The molecule has 1 heterocycles. The van der Waals surface area contributed by atoms with Crippen LogP contribution in [0.3, 0.4) is 0 Å². The second kappa shape index (κ2) is 6.30. The van der Waals surface area contributed by atoms with Crippen molar-refractivity contribution in [3.63, 3.8) is 0 Å². The third kappa shape index (κ3) is 2.67. The van der Waals surface area contributed by atoms with E-state index in [2.05, 4.69) is 17.6 Å². The van der Waals surface area contributed by atoms with Crippen molar-refractivity contribution in [1.29, 1.82) is 0 Å². The largest absolute Gasteiger partial charge is 0.393 e. The van der Waals surface area contributed by atoms with Gasteiger partial charge in [0.25, 0.3) is 5.91 Å². The third-order valence-electron chi connectivity index (χ3n) is 9.36. The molecule has 2 amide bonds. The summed E-state index contributed by atoms with van der Waals surface area (Å²) in [5.41, 5.74) is -1.05. The number of rotatable bonds is 2. The summed E-state index contributed by atoms with van der Waals surface area (Å²) in [5, 5.41) is 29.0. The average molecular weight is 403 g/mol. The van der Waals surface area contributed by atoms with E-state index < -0.39 is 17.1 Å². The molecule has 0 spiro atoms. The molecule has 0 saturated heterocycles. The van der Waals surface area contributed by atoms with Crippen molar-refractivity contribution >= 4 is 11.8 Å². The molecular weight excluding hydrogens is 368 g/mol. The van der Waals surface area contributed by atoms with E-state index in [0.717, 1.165) is 44.1 Å². The molecule has 1 aliphatic heterocycles. The molecule has 4 N–H and O–H groups in total. The van der Waals surface area contributed by atoms with Gasteiger partial charge in [0.05, 0.1) is 6.10 Å². The van der Waals surface area contributed by atoms with Gasteiger partial charge in [-0.3, -0.25) is 9.59 Å². The zero-order valence-corrected chi connectivity index (χ0v) is 17.5. The first-order valence-electron chi connectivity index (χ1n) is 11.4. The molecule has 0 aromatic rings. The molecule has 3 unspecified atom stereocenters. The van der Waals surface area contributed by atoms with Gasteiger partial charge < -0.3 is 20.8 Å². The van der Waals surface area contributed by atoms with Crippen molar-refractivity contribution < 1.29 is 19.8 Å². The van der Waals surface area contributed by atoms with Crippen LogP contribution in [0.4, 0.5) is 0 Å². The van der Waals surface area contributed by atoms with E-state index in [4.69, 9.17) is 0 Å². The number of aliphatic hydroxyl groups excluding tert-OH is 1. The summed E-state index contributed by atoms with van der Waals surface area (Å²) in [6.07, 6.45) is 7.52. The van der Waals surface area contributed by atoms with Gasteiger partial charge in [-0.2, -0.15) is 0 Å². The van der Waals surface area contributed by atoms with E-state index in [9.17, 15) is 19.8 Å². The molecule has 0 aromatic carbocycles. The SMILES string of the molecule is C[C@]12CCNC(=O)C=C1CCC1C2[C@@H](O)C[C@@]2(C)C1CC[C@]2(O)C(=O)NC1CC1. The Balaban J connectivity index is 1.48. The number of aliphatic hydroxyl groups is 2. The van der Waals surface area contributed by atoms with E-state index >= 15 is 0 Å². The molecule has 4 fully saturated rings. The quantitative estimate of drug-likeness (QED) is 0.565. The van der Waals surface area contributed by atoms with Gasteiger partial charge in [0.1, 0.15) is 5.60 Å². The van der Waals surface area contributed by atoms with Gasteiger partial charge in [-0.15, -0.1) is 0 Å². The van der Waals surface area contributed by atoms with Crippen LogP contribution in [-0.4, -0.2) is 46.3 Å². The van der Waals surface area contributed by atoms with Crippen LogP contribution in [0, 0.1) is 28.6 Å². The summed E-state index contributed by atoms with van der Waals surface area (Å²) in [6.45, 7) is 4.87. The summed E-state index contributed by atoms with van der Waals surface area (Å²) in [5.74, 6) is 0.298. The molecular formula is C23H34N2O4. The molecule has 4 saturated carbocycles. The fourth-order valence-corrected chi connectivity index (χ4v) is 7.60. The maximum absolute atomic E-state index is 13.0. The summed E-state index contributed by atoms with van der Waals surface area (Å²) in [7, 11) is 0. The summed E-state index contributed by atoms with van der Waals surface area (Å²) < 4.78 is 0. The van der Waals surface area contributed by atoms with Crippen molar-refractivity contribution in [2.24, 2.45) is 28.6 Å². The van der Waals surface area contributed by atoms with Crippen LogP contribution in [0.2, 0.25) is 0 Å². The fourth-order valence-electron chi connectivity index (χ4n) is 7.60. The highest BCUT2D eigenvalue weighted by molar-refractivity contribution is 5.89. The fraction of sp³-hybridized carbons (Fsp3) is 0.826. The Kier molecular flexibility index (Phi) is 4.25. The van der Waals surface area contributed by atoms with Gasteiger partial charge in [-0.25, -0.2) is 0 Å². The lowest BCUT2D eigenvalue weighted by molar-refractivity contribution is -0.181. The molecule has 6 nitrogen and oxygen atoms in total. The molecule has 4 aliphatic carbocycles. The van der Waals surface area contributed by atoms with E-state index in [-0.39, 0.29) is 41.0 Å². The van der Waals surface area contributed by atoms with Crippen molar-refractivity contribution in [1.82, 2.24) is 10.6 Å². The zero-order chi connectivity index (χ0) is 20.6. The summed E-state index contributed by atoms with van der Waals surface area (Å²) in [4.78, 5) is 25.1. The number of carbonyl (C=O) groups excluding carboxylic acids is 2. The number of carbonyl (C=O) groups is 2. The Bertz CT molecular complexity index is 777. The maximum atomic E-state index is 13.0. The molecule has 6 heteroatoms. The minimum absolute atomic E-state index is 0.0238. The molecule has 29 heavy (non-hydrogen) atoms. The normalized spacial score (nSPS) is 49.1. The molecule has 7 atom stereocenters. The van der Waals surface area contributed by atoms with Crippen LogP contribution in [0.25, 0.3) is 0 Å². The molecule has 5 aliphatic rings. The smallest absolute Gasteiger partial charge is 0.252 e. The third-order valence-corrected chi connectivity index (χ3v) is 9.36. The van der Waals surface area contributed by atoms with Crippen molar-refractivity contribution in [2.45, 2.75) is 83.0 Å². The highest BCUT2D eigenvalue weighted by Crippen LogP contribution is 2.67. The standard InChI is InChI=1S/C23H34N2O4/c1-21-9-10-24-18(27)11-13(21)3-6-15-16-7-8-23(29,20(28)25-14-4-5-14)22(16,2)12-17(26)19(15)21/h11,14-17,19,26,29H,3-10,12H2,1-2H3,(H,24,27)(H,25,28)/t15?,16?,17-,19?,21-,22-,23-/m0/s1. The van der Waals surface area contributed by atoms with Crippen LogP contribution in [0.15, 0.2) is 11.6 Å². The van der Waals surface area contributed by atoms with Crippen molar-refractivity contribution in [3.05, 3.63) is 11.6 Å². The Morgan fingerprint density at radius 1 is 1.21 bits per heavy atom. The topological polar surface area (TPSA) is 98.7 Å². The highest BCUT2D eigenvalue weighted by Gasteiger charge is 2.68. The Labute approximate surface area is 172 Å². The summed E-state index contributed by atoms with van der Waals surface area (Å²) >= 11 is 0. The monoisotopic (exact) mass is 402 g/mol. The van der Waals surface area contributed by atoms with Gasteiger partial charge in [0.15, 0.2) is 0 Å². The van der Waals surface area contributed by atoms with Crippen molar-refractivity contribution in [2.75, 3.05) is 6.54 Å². The van der Waals surface area contributed by atoms with Crippen LogP contribution in [0.1, 0.15) is 65.2 Å². The van der Waals surface area contributed by atoms with Gasteiger partial charge in [0.2, 0.25) is 5.91 Å². The summed E-state index contributed by atoms with van der Waals surface area (Å²) in [6, 6.07) is 0.216. The molecule has 160 valence electrons.